The van der Waals surface area contributed by atoms with Crippen molar-refractivity contribution in [1.82, 2.24) is 4.90 Å². The third kappa shape index (κ3) is 1.68. The van der Waals surface area contributed by atoms with Gasteiger partial charge in [0.1, 0.15) is 5.60 Å². The zero-order valence-electron chi connectivity index (χ0n) is 9.48. The third-order valence-corrected chi connectivity index (χ3v) is 3.59. The van der Waals surface area contributed by atoms with Gasteiger partial charge < -0.3 is 10.0 Å². The molecule has 2 rings (SSSR count). The van der Waals surface area contributed by atoms with Crippen molar-refractivity contribution in [2.24, 2.45) is 0 Å². The standard InChI is InChI=1S/C13H19NO/c1-3-12-13(15,9-10-14(12)2)11-7-5-4-6-8-11/h4-8,12,15H,3,9-10H2,1-2H3. The summed E-state index contributed by atoms with van der Waals surface area (Å²) in [4.78, 5) is 2.26. The monoisotopic (exact) mass is 205 g/mol. The summed E-state index contributed by atoms with van der Waals surface area (Å²) in [5.41, 5.74) is 0.409. The van der Waals surface area contributed by atoms with Crippen molar-refractivity contribution in [3.05, 3.63) is 35.9 Å². The van der Waals surface area contributed by atoms with Gasteiger partial charge in [-0.25, -0.2) is 0 Å². The van der Waals surface area contributed by atoms with Crippen LogP contribution in [0.4, 0.5) is 0 Å². The maximum Gasteiger partial charge on any atom is 0.106 e. The molecule has 0 spiro atoms. The lowest BCUT2D eigenvalue weighted by atomic mass is 9.85. The Bertz CT molecular complexity index is 325. The van der Waals surface area contributed by atoms with Gasteiger partial charge in [0.25, 0.3) is 0 Å². The van der Waals surface area contributed by atoms with Gasteiger partial charge in [0.05, 0.1) is 0 Å². The number of nitrogens with zero attached hydrogens (tertiary/aromatic N) is 1. The van der Waals surface area contributed by atoms with E-state index in [1.807, 2.05) is 30.3 Å². The van der Waals surface area contributed by atoms with E-state index in [0.717, 1.165) is 24.9 Å². The second kappa shape index (κ2) is 3.95. The van der Waals surface area contributed by atoms with Crippen molar-refractivity contribution in [2.45, 2.75) is 31.4 Å². The predicted molar refractivity (Wildman–Crippen MR) is 61.7 cm³/mol. The molecule has 0 aromatic heterocycles. The molecule has 0 aliphatic carbocycles. The molecule has 1 aromatic carbocycles. The van der Waals surface area contributed by atoms with E-state index < -0.39 is 5.60 Å². The Kier molecular flexibility index (Phi) is 2.81. The molecule has 1 fully saturated rings. The SMILES string of the molecule is CCC1N(C)CCC1(O)c1ccccc1. The number of rotatable bonds is 2. The smallest absolute Gasteiger partial charge is 0.106 e. The molecule has 0 saturated carbocycles. The van der Waals surface area contributed by atoms with E-state index in [-0.39, 0.29) is 6.04 Å². The minimum atomic E-state index is -0.648. The predicted octanol–water partition coefficient (Wildman–Crippen LogP) is 1.99. The Morgan fingerprint density at radius 2 is 2.07 bits per heavy atom. The zero-order chi connectivity index (χ0) is 10.9. The molecule has 0 bridgehead atoms. The maximum absolute atomic E-state index is 10.8. The van der Waals surface area contributed by atoms with E-state index in [2.05, 4.69) is 18.9 Å². The van der Waals surface area contributed by atoms with Crippen LogP contribution in [0.25, 0.3) is 0 Å². The van der Waals surface area contributed by atoms with Crippen molar-refractivity contribution < 1.29 is 5.11 Å². The molecule has 1 aliphatic rings. The third-order valence-electron chi connectivity index (χ3n) is 3.59. The minimum Gasteiger partial charge on any atom is -0.383 e. The van der Waals surface area contributed by atoms with Crippen LogP contribution in [-0.4, -0.2) is 29.6 Å². The lowest BCUT2D eigenvalue weighted by Gasteiger charge is -2.32. The molecule has 1 aromatic rings. The Balaban J connectivity index is 2.34. The first-order valence-corrected chi connectivity index (χ1v) is 5.66. The van der Waals surface area contributed by atoms with Crippen molar-refractivity contribution >= 4 is 0 Å². The molecule has 2 unspecified atom stereocenters. The molecule has 82 valence electrons. The summed E-state index contributed by atoms with van der Waals surface area (Å²) in [5, 5.41) is 10.8. The molecular weight excluding hydrogens is 186 g/mol. The molecule has 1 saturated heterocycles. The van der Waals surface area contributed by atoms with Gasteiger partial charge in [-0.1, -0.05) is 37.3 Å². The van der Waals surface area contributed by atoms with Gasteiger partial charge in [0.15, 0.2) is 0 Å². The summed E-state index contributed by atoms with van der Waals surface area (Å²) in [6.45, 7) is 3.12. The van der Waals surface area contributed by atoms with E-state index in [0.29, 0.717) is 0 Å². The van der Waals surface area contributed by atoms with Gasteiger partial charge in [-0.15, -0.1) is 0 Å². The summed E-state index contributed by atoms with van der Waals surface area (Å²) in [6, 6.07) is 10.3. The quantitative estimate of drug-likeness (QED) is 0.798. The average molecular weight is 205 g/mol. The fourth-order valence-corrected chi connectivity index (χ4v) is 2.75. The highest BCUT2D eigenvalue weighted by Gasteiger charge is 2.44. The molecule has 2 atom stereocenters. The Morgan fingerprint density at radius 1 is 1.40 bits per heavy atom. The maximum atomic E-state index is 10.8. The van der Waals surface area contributed by atoms with Gasteiger partial charge in [-0.3, -0.25) is 0 Å². The van der Waals surface area contributed by atoms with Crippen LogP contribution >= 0.6 is 0 Å². The molecule has 0 radical (unpaired) electrons. The number of benzene rings is 1. The van der Waals surface area contributed by atoms with Crippen LogP contribution in [0.5, 0.6) is 0 Å². The summed E-state index contributed by atoms with van der Waals surface area (Å²) in [5.74, 6) is 0. The Hall–Kier alpha value is -0.860. The van der Waals surface area contributed by atoms with Crippen LogP contribution in [-0.2, 0) is 5.60 Å². The first-order chi connectivity index (χ1) is 7.18. The summed E-state index contributed by atoms with van der Waals surface area (Å²) in [6.07, 6.45) is 1.83. The molecule has 1 heterocycles. The first kappa shape index (κ1) is 10.7. The van der Waals surface area contributed by atoms with Crippen molar-refractivity contribution in [3.8, 4) is 0 Å². The molecule has 1 aliphatic heterocycles. The summed E-state index contributed by atoms with van der Waals surface area (Å²) >= 11 is 0. The summed E-state index contributed by atoms with van der Waals surface area (Å²) in [7, 11) is 2.09. The highest BCUT2D eigenvalue weighted by Crippen LogP contribution is 2.38. The van der Waals surface area contributed by atoms with Crippen molar-refractivity contribution in [3.63, 3.8) is 0 Å². The summed E-state index contributed by atoms with van der Waals surface area (Å²) < 4.78 is 0. The highest BCUT2D eigenvalue weighted by atomic mass is 16.3. The van der Waals surface area contributed by atoms with Crippen LogP contribution in [0, 0.1) is 0 Å². The normalized spacial score (nSPS) is 32.1. The van der Waals surface area contributed by atoms with E-state index in [1.165, 1.54) is 0 Å². The average Bonchev–Trinajstić information content (AvgIpc) is 2.57. The van der Waals surface area contributed by atoms with Crippen LogP contribution < -0.4 is 0 Å². The van der Waals surface area contributed by atoms with Gasteiger partial charge in [0, 0.05) is 12.6 Å². The van der Waals surface area contributed by atoms with Crippen LogP contribution in [0.2, 0.25) is 0 Å². The van der Waals surface area contributed by atoms with E-state index in [9.17, 15) is 5.11 Å². The molecule has 15 heavy (non-hydrogen) atoms. The van der Waals surface area contributed by atoms with Gasteiger partial charge >= 0.3 is 0 Å². The molecule has 0 amide bonds. The van der Waals surface area contributed by atoms with Crippen LogP contribution in [0.15, 0.2) is 30.3 Å². The van der Waals surface area contributed by atoms with Crippen LogP contribution in [0.1, 0.15) is 25.3 Å². The van der Waals surface area contributed by atoms with Gasteiger partial charge in [-0.2, -0.15) is 0 Å². The lowest BCUT2D eigenvalue weighted by Crippen LogP contribution is -2.40. The topological polar surface area (TPSA) is 23.5 Å². The minimum absolute atomic E-state index is 0.250. The fraction of sp³-hybridized carbons (Fsp3) is 0.538. The Labute approximate surface area is 91.5 Å². The van der Waals surface area contributed by atoms with E-state index in [1.54, 1.807) is 0 Å². The Morgan fingerprint density at radius 3 is 2.67 bits per heavy atom. The second-order valence-electron chi connectivity index (χ2n) is 4.44. The molecule has 2 heteroatoms. The second-order valence-corrected chi connectivity index (χ2v) is 4.44. The van der Waals surface area contributed by atoms with Crippen molar-refractivity contribution in [1.29, 1.82) is 0 Å². The number of likely N-dealkylation sites (N-methyl/N-ethyl adjacent to an activating group) is 1. The largest absolute Gasteiger partial charge is 0.383 e. The fourth-order valence-electron chi connectivity index (χ4n) is 2.75. The van der Waals surface area contributed by atoms with Gasteiger partial charge in [-0.05, 0) is 25.5 Å². The van der Waals surface area contributed by atoms with Crippen LogP contribution in [0.3, 0.4) is 0 Å². The highest BCUT2D eigenvalue weighted by molar-refractivity contribution is 5.26. The van der Waals surface area contributed by atoms with Gasteiger partial charge in [0.2, 0.25) is 0 Å². The lowest BCUT2D eigenvalue weighted by molar-refractivity contribution is 0.00221. The number of hydrogen-bond donors (Lipinski definition) is 1. The van der Waals surface area contributed by atoms with E-state index >= 15 is 0 Å². The number of hydrogen-bond acceptors (Lipinski definition) is 2. The zero-order valence-corrected chi connectivity index (χ0v) is 9.48. The molecular formula is C13H19NO. The molecule has 2 nitrogen and oxygen atoms in total. The number of likely N-dealkylation sites (tertiary alicyclic amines) is 1. The first-order valence-electron chi connectivity index (χ1n) is 5.66. The van der Waals surface area contributed by atoms with E-state index in [4.69, 9.17) is 0 Å². The van der Waals surface area contributed by atoms with Crippen molar-refractivity contribution in [2.75, 3.05) is 13.6 Å². The molecule has 1 N–H and O–H groups in total. The number of aliphatic hydroxyl groups is 1.